The van der Waals surface area contributed by atoms with E-state index >= 15 is 0 Å². The lowest BCUT2D eigenvalue weighted by Gasteiger charge is -2.13. The summed E-state index contributed by atoms with van der Waals surface area (Å²) in [5.41, 5.74) is 0.780. The summed E-state index contributed by atoms with van der Waals surface area (Å²) in [6.45, 7) is 1.47. The number of benzene rings is 2. The largest absolute Gasteiger partial charge is 0.449 e. The molecule has 0 aliphatic rings. The van der Waals surface area contributed by atoms with E-state index in [-0.39, 0.29) is 0 Å². The van der Waals surface area contributed by atoms with Crippen molar-refractivity contribution in [3.05, 3.63) is 64.4 Å². The first-order valence-electron chi connectivity index (χ1n) is 6.48. The quantitative estimate of drug-likeness (QED) is 0.839. The van der Waals surface area contributed by atoms with E-state index < -0.39 is 23.8 Å². The van der Waals surface area contributed by atoms with Crippen molar-refractivity contribution < 1.29 is 18.7 Å². The minimum atomic E-state index is -0.971. The fraction of sp³-hybridized carbons (Fsp3) is 0.125. The van der Waals surface area contributed by atoms with Gasteiger partial charge in [-0.15, -0.1) is 0 Å². The van der Waals surface area contributed by atoms with Crippen molar-refractivity contribution >= 4 is 33.5 Å². The Morgan fingerprint density at radius 1 is 1.09 bits per heavy atom. The number of hydrogen-bond acceptors (Lipinski definition) is 3. The van der Waals surface area contributed by atoms with E-state index in [4.69, 9.17) is 4.74 Å². The lowest BCUT2D eigenvalue weighted by atomic mass is 10.2. The number of nitrogens with one attached hydrogen (secondary N) is 1. The Bertz CT molecular complexity index is 671. The maximum atomic E-state index is 12.8. The molecule has 114 valence electrons. The maximum Gasteiger partial charge on any atom is 0.338 e. The average Bonchev–Trinajstić information content (AvgIpc) is 2.50. The van der Waals surface area contributed by atoms with Gasteiger partial charge in [-0.2, -0.15) is 0 Å². The summed E-state index contributed by atoms with van der Waals surface area (Å²) in [7, 11) is 0. The molecule has 22 heavy (non-hydrogen) atoms. The highest BCUT2D eigenvalue weighted by molar-refractivity contribution is 9.10. The fourth-order valence-corrected chi connectivity index (χ4v) is 1.91. The van der Waals surface area contributed by atoms with Crippen LogP contribution in [0.25, 0.3) is 0 Å². The van der Waals surface area contributed by atoms with Crippen LogP contribution in [0.1, 0.15) is 17.3 Å². The van der Waals surface area contributed by atoms with Gasteiger partial charge in [0.05, 0.1) is 5.56 Å². The Balaban J connectivity index is 1.94. The molecule has 4 nitrogen and oxygen atoms in total. The SMILES string of the molecule is C[C@H](OC(=O)c1ccc(Br)cc1)C(=O)Nc1ccc(F)cc1. The fourth-order valence-electron chi connectivity index (χ4n) is 1.65. The smallest absolute Gasteiger partial charge is 0.338 e. The van der Waals surface area contributed by atoms with Crippen LogP contribution < -0.4 is 5.32 Å². The van der Waals surface area contributed by atoms with Crippen molar-refractivity contribution in [2.75, 3.05) is 5.32 Å². The molecule has 1 N–H and O–H groups in total. The van der Waals surface area contributed by atoms with Crippen molar-refractivity contribution in [3.63, 3.8) is 0 Å². The van der Waals surface area contributed by atoms with Crippen LogP contribution in [0.2, 0.25) is 0 Å². The molecule has 1 atom stereocenters. The zero-order valence-corrected chi connectivity index (χ0v) is 13.3. The zero-order valence-electron chi connectivity index (χ0n) is 11.7. The van der Waals surface area contributed by atoms with E-state index in [2.05, 4.69) is 21.2 Å². The van der Waals surface area contributed by atoms with E-state index in [1.807, 2.05) is 0 Å². The monoisotopic (exact) mass is 365 g/mol. The maximum absolute atomic E-state index is 12.8. The summed E-state index contributed by atoms with van der Waals surface area (Å²) in [5, 5.41) is 2.54. The van der Waals surface area contributed by atoms with Gasteiger partial charge in [0.15, 0.2) is 6.10 Å². The van der Waals surface area contributed by atoms with Gasteiger partial charge < -0.3 is 10.1 Å². The average molecular weight is 366 g/mol. The van der Waals surface area contributed by atoms with E-state index in [9.17, 15) is 14.0 Å². The molecule has 6 heteroatoms. The molecule has 0 aromatic heterocycles. The summed E-state index contributed by atoms with van der Waals surface area (Å²) in [6.07, 6.45) is -0.971. The molecule has 2 rings (SSSR count). The number of esters is 1. The van der Waals surface area contributed by atoms with E-state index in [1.54, 1.807) is 24.3 Å². The Kier molecular flexibility index (Phi) is 5.27. The molecule has 0 heterocycles. The first kappa shape index (κ1) is 16.2. The number of carbonyl (C=O) groups excluding carboxylic acids is 2. The summed E-state index contributed by atoms with van der Waals surface area (Å²) < 4.78 is 18.7. The van der Waals surface area contributed by atoms with Gasteiger partial charge >= 0.3 is 5.97 Å². The van der Waals surface area contributed by atoms with Gasteiger partial charge in [0.1, 0.15) is 5.82 Å². The van der Waals surface area contributed by atoms with Crippen LogP contribution in [0.5, 0.6) is 0 Å². The van der Waals surface area contributed by atoms with Crippen LogP contribution >= 0.6 is 15.9 Å². The van der Waals surface area contributed by atoms with Crippen LogP contribution in [-0.4, -0.2) is 18.0 Å². The van der Waals surface area contributed by atoms with Gasteiger partial charge in [-0.1, -0.05) is 15.9 Å². The van der Waals surface area contributed by atoms with Gasteiger partial charge in [-0.05, 0) is 55.5 Å². The van der Waals surface area contributed by atoms with Crippen molar-refractivity contribution in [2.24, 2.45) is 0 Å². The number of rotatable bonds is 4. The second-order valence-corrected chi connectivity index (χ2v) is 5.47. The van der Waals surface area contributed by atoms with Gasteiger partial charge in [-0.25, -0.2) is 9.18 Å². The lowest BCUT2D eigenvalue weighted by molar-refractivity contribution is -0.123. The predicted molar refractivity (Wildman–Crippen MR) is 84.0 cm³/mol. The number of amides is 1. The summed E-state index contributed by atoms with van der Waals surface area (Å²) >= 11 is 3.27. The Morgan fingerprint density at radius 3 is 2.27 bits per heavy atom. The van der Waals surface area contributed by atoms with Gasteiger partial charge in [0.25, 0.3) is 5.91 Å². The molecule has 0 fully saturated rings. The van der Waals surface area contributed by atoms with Crippen molar-refractivity contribution in [1.82, 2.24) is 0 Å². The molecule has 1 amide bonds. The minimum absolute atomic E-state index is 0.352. The molecule has 0 radical (unpaired) electrons. The third-order valence-corrected chi connectivity index (χ3v) is 3.37. The van der Waals surface area contributed by atoms with Crippen molar-refractivity contribution in [1.29, 1.82) is 0 Å². The van der Waals surface area contributed by atoms with Crippen LogP contribution in [-0.2, 0) is 9.53 Å². The number of anilines is 1. The molecule has 0 bridgehead atoms. The highest BCUT2D eigenvalue weighted by atomic mass is 79.9. The Morgan fingerprint density at radius 2 is 1.68 bits per heavy atom. The lowest BCUT2D eigenvalue weighted by Crippen LogP contribution is -2.30. The summed E-state index contributed by atoms with van der Waals surface area (Å²) in [5.74, 6) is -1.47. The molecule has 0 aliphatic heterocycles. The molecule has 2 aromatic carbocycles. The van der Waals surface area contributed by atoms with Crippen molar-refractivity contribution in [3.8, 4) is 0 Å². The highest BCUT2D eigenvalue weighted by Crippen LogP contribution is 2.13. The Hall–Kier alpha value is -2.21. The van der Waals surface area contributed by atoms with Gasteiger partial charge in [-0.3, -0.25) is 4.79 Å². The molecular formula is C16H13BrFNO3. The van der Waals surface area contributed by atoms with Crippen LogP contribution in [0.15, 0.2) is 53.0 Å². The molecule has 0 spiro atoms. The first-order chi connectivity index (χ1) is 10.5. The third-order valence-electron chi connectivity index (χ3n) is 2.84. The second kappa shape index (κ2) is 7.17. The van der Waals surface area contributed by atoms with Crippen LogP contribution in [0, 0.1) is 5.82 Å². The number of halogens is 2. The van der Waals surface area contributed by atoms with Crippen LogP contribution in [0.3, 0.4) is 0 Å². The predicted octanol–water partition coefficient (Wildman–Crippen LogP) is 3.77. The number of hydrogen-bond donors (Lipinski definition) is 1. The van der Waals surface area contributed by atoms with E-state index in [0.717, 1.165) is 4.47 Å². The normalized spacial score (nSPS) is 11.6. The molecule has 0 saturated heterocycles. The number of ether oxygens (including phenoxy) is 1. The van der Waals surface area contributed by atoms with Gasteiger partial charge in [0, 0.05) is 10.2 Å². The minimum Gasteiger partial charge on any atom is -0.449 e. The standard InChI is InChI=1S/C16H13BrFNO3/c1-10(15(20)19-14-8-6-13(18)7-9-14)22-16(21)11-2-4-12(17)5-3-11/h2-10H,1H3,(H,19,20)/t10-/m0/s1. The van der Waals surface area contributed by atoms with Gasteiger partial charge in [0.2, 0.25) is 0 Å². The topological polar surface area (TPSA) is 55.4 Å². The highest BCUT2D eigenvalue weighted by Gasteiger charge is 2.19. The molecule has 2 aromatic rings. The molecule has 0 aliphatic carbocycles. The summed E-state index contributed by atoms with van der Waals surface area (Å²) in [6, 6.07) is 11.9. The van der Waals surface area contributed by atoms with Crippen LogP contribution in [0.4, 0.5) is 10.1 Å². The third kappa shape index (κ3) is 4.39. The molecule has 0 saturated carbocycles. The van der Waals surface area contributed by atoms with E-state index in [0.29, 0.717) is 11.3 Å². The molecular weight excluding hydrogens is 353 g/mol. The molecule has 0 unspecified atom stereocenters. The number of carbonyl (C=O) groups is 2. The van der Waals surface area contributed by atoms with Crippen molar-refractivity contribution in [2.45, 2.75) is 13.0 Å². The van der Waals surface area contributed by atoms with E-state index in [1.165, 1.54) is 31.2 Å². The summed E-state index contributed by atoms with van der Waals surface area (Å²) in [4.78, 5) is 23.8. The first-order valence-corrected chi connectivity index (χ1v) is 7.28. The second-order valence-electron chi connectivity index (χ2n) is 4.55. The zero-order chi connectivity index (χ0) is 16.1. The Labute approximate surface area is 135 Å².